The first-order valence-corrected chi connectivity index (χ1v) is 3.74. The molecule has 0 aromatic carbocycles. The minimum Gasteiger partial charge on any atom is -0.494 e. The number of rotatable bonds is 2. The lowest BCUT2D eigenvalue weighted by atomic mass is 10.3. The molecule has 0 saturated carbocycles. The van der Waals surface area contributed by atoms with E-state index in [1.807, 2.05) is 4.98 Å². The van der Waals surface area contributed by atoms with Crippen molar-refractivity contribution in [3.63, 3.8) is 0 Å². The summed E-state index contributed by atoms with van der Waals surface area (Å²) in [7, 11) is 0. The van der Waals surface area contributed by atoms with Gasteiger partial charge in [0.05, 0.1) is 12.1 Å². The molecule has 1 heterocycles. The SMILES string of the molecule is Cc1c(O)n(CC(F)F)c(=O)[nH]c1=O. The number of nitrogens with zero attached hydrogens (tertiary/aromatic N) is 1. The van der Waals surface area contributed by atoms with Gasteiger partial charge in [0.25, 0.3) is 12.0 Å². The molecule has 0 fully saturated rings. The van der Waals surface area contributed by atoms with Crippen LogP contribution in [-0.4, -0.2) is 21.1 Å². The number of aromatic nitrogens is 2. The molecular formula is C7H8F2N2O3. The van der Waals surface area contributed by atoms with Gasteiger partial charge in [-0.3, -0.25) is 14.3 Å². The van der Waals surface area contributed by atoms with Crippen molar-refractivity contribution in [2.45, 2.75) is 19.9 Å². The highest BCUT2D eigenvalue weighted by atomic mass is 19.3. The number of H-pyrrole nitrogens is 1. The highest BCUT2D eigenvalue weighted by Gasteiger charge is 2.13. The predicted molar refractivity (Wildman–Crippen MR) is 43.7 cm³/mol. The molecule has 1 aromatic heterocycles. The third-order valence-electron chi connectivity index (χ3n) is 1.72. The van der Waals surface area contributed by atoms with E-state index in [4.69, 9.17) is 0 Å². The lowest BCUT2D eigenvalue weighted by molar-refractivity contribution is 0.120. The molecule has 0 bridgehead atoms. The summed E-state index contributed by atoms with van der Waals surface area (Å²) in [5, 5.41) is 9.22. The summed E-state index contributed by atoms with van der Waals surface area (Å²) in [4.78, 5) is 23.7. The van der Waals surface area contributed by atoms with Gasteiger partial charge in [0, 0.05) is 0 Å². The van der Waals surface area contributed by atoms with E-state index in [0.717, 1.165) is 0 Å². The van der Waals surface area contributed by atoms with E-state index >= 15 is 0 Å². The number of aromatic amines is 1. The van der Waals surface area contributed by atoms with Crippen molar-refractivity contribution in [3.05, 3.63) is 26.4 Å². The molecule has 0 radical (unpaired) electrons. The molecule has 0 amide bonds. The quantitative estimate of drug-likeness (QED) is 0.704. The summed E-state index contributed by atoms with van der Waals surface area (Å²) < 4.78 is 24.3. The Balaban J connectivity index is 3.37. The van der Waals surface area contributed by atoms with Crippen LogP contribution in [0.25, 0.3) is 0 Å². The first kappa shape index (κ1) is 10.4. The van der Waals surface area contributed by atoms with Crippen LogP contribution in [0.4, 0.5) is 8.78 Å². The predicted octanol–water partition coefficient (Wildman–Crippen LogP) is -0.184. The zero-order chi connectivity index (χ0) is 10.9. The average molecular weight is 206 g/mol. The molecule has 0 aliphatic carbocycles. The topological polar surface area (TPSA) is 75.1 Å². The molecule has 1 aromatic rings. The van der Waals surface area contributed by atoms with Crippen LogP contribution in [-0.2, 0) is 6.54 Å². The fourth-order valence-corrected chi connectivity index (χ4v) is 0.966. The van der Waals surface area contributed by atoms with Crippen LogP contribution in [0.5, 0.6) is 5.88 Å². The van der Waals surface area contributed by atoms with Gasteiger partial charge in [-0.05, 0) is 6.92 Å². The van der Waals surface area contributed by atoms with Crippen LogP contribution in [0, 0.1) is 6.92 Å². The van der Waals surface area contributed by atoms with Crippen molar-refractivity contribution in [1.29, 1.82) is 0 Å². The molecule has 2 N–H and O–H groups in total. The van der Waals surface area contributed by atoms with Crippen LogP contribution in [0.3, 0.4) is 0 Å². The second kappa shape index (κ2) is 3.60. The van der Waals surface area contributed by atoms with Crippen LogP contribution in [0.15, 0.2) is 9.59 Å². The first-order chi connectivity index (χ1) is 6.43. The second-order valence-corrected chi connectivity index (χ2v) is 2.71. The minimum atomic E-state index is -2.77. The van der Waals surface area contributed by atoms with Crippen molar-refractivity contribution in [3.8, 4) is 5.88 Å². The fraction of sp³-hybridized carbons (Fsp3) is 0.429. The van der Waals surface area contributed by atoms with Gasteiger partial charge < -0.3 is 5.11 Å². The Bertz CT molecular complexity index is 449. The third kappa shape index (κ3) is 1.81. The van der Waals surface area contributed by atoms with Crippen LogP contribution in [0.2, 0.25) is 0 Å². The molecule has 0 aliphatic heterocycles. The Labute approximate surface area is 76.6 Å². The average Bonchev–Trinajstić information content (AvgIpc) is 2.09. The van der Waals surface area contributed by atoms with Crippen LogP contribution in [0.1, 0.15) is 5.56 Å². The number of alkyl halides is 2. The Kier molecular flexibility index (Phi) is 2.68. The Morgan fingerprint density at radius 3 is 2.57 bits per heavy atom. The van der Waals surface area contributed by atoms with E-state index < -0.39 is 30.1 Å². The van der Waals surface area contributed by atoms with E-state index in [1.165, 1.54) is 6.92 Å². The van der Waals surface area contributed by atoms with Gasteiger partial charge in [0.1, 0.15) is 0 Å². The first-order valence-electron chi connectivity index (χ1n) is 3.74. The maximum Gasteiger partial charge on any atom is 0.331 e. The van der Waals surface area contributed by atoms with Crippen molar-refractivity contribution in [2.75, 3.05) is 0 Å². The van der Waals surface area contributed by atoms with Gasteiger partial charge in [0.15, 0.2) is 0 Å². The van der Waals surface area contributed by atoms with E-state index in [1.54, 1.807) is 0 Å². The Morgan fingerprint density at radius 2 is 2.07 bits per heavy atom. The lowest BCUT2D eigenvalue weighted by Crippen LogP contribution is -2.32. The molecule has 0 spiro atoms. The molecule has 0 saturated heterocycles. The van der Waals surface area contributed by atoms with Gasteiger partial charge in [0.2, 0.25) is 5.88 Å². The summed E-state index contributed by atoms with van der Waals surface area (Å²) in [6, 6.07) is 0. The molecule has 7 heteroatoms. The van der Waals surface area contributed by atoms with Gasteiger partial charge >= 0.3 is 5.69 Å². The molecule has 14 heavy (non-hydrogen) atoms. The zero-order valence-electron chi connectivity index (χ0n) is 7.25. The molecule has 0 unspecified atom stereocenters. The highest BCUT2D eigenvalue weighted by Crippen LogP contribution is 2.09. The number of aromatic hydroxyl groups is 1. The maximum absolute atomic E-state index is 11.9. The van der Waals surface area contributed by atoms with Crippen molar-refractivity contribution >= 4 is 0 Å². The number of hydrogen-bond acceptors (Lipinski definition) is 3. The van der Waals surface area contributed by atoms with E-state index in [0.29, 0.717) is 4.57 Å². The summed E-state index contributed by atoms with van der Waals surface area (Å²) in [6.07, 6.45) is -2.77. The second-order valence-electron chi connectivity index (χ2n) is 2.71. The maximum atomic E-state index is 11.9. The summed E-state index contributed by atoms with van der Waals surface area (Å²) in [5.41, 5.74) is -1.98. The smallest absolute Gasteiger partial charge is 0.331 e. The van der Waals surface area contributed by atoms with Gasteiger partial charge in [-0.25, -0.2) is 13.6 Å². The van der Waals surface area contributed by atoms with Crippen molar-refractivity contribution < 1.29 is 13.9 Å². The standard InChI is InChI=1S/C7H8F2N2O3/c1-3-5(12)10-7(14)11(6(3)13)2-4(8)9/h4,13H,2H2,1H3,(H,10,12,14). The van der Waals surface area contributed by atoms with E-state index in [2.05, 4.69) is 0 Å². The van der Waals surface area contributed by atoms with Gasteiger partial charge in [-0.15, -0.1) is 0 Å². The zero-order valence-corrected chi connectivity index (χ0v) is 7.25. The summed E-state index contributed by atoms with van der Waals surface area (Å²) in [6.45, 7) is 0.290. The summed E-state index contributed by atoms with van der Waals surface area (Å²) in [5.74, 6) is -0.723. The Morgan fingerprint density at radius 1 is 1.50 bits per heavy atom. The molecule has 5 nitrogen and oxygen atoms in total. The monoisotopic (exact) mass is 206 g/mol. The lowest BCUT2D eigenvalue weighted by Gasteiger charge is -2.07. The largest absolute Gasteiger partial charge is 0.494 e. The highest BCUT2D eigenvalue weighted by molar-refractivity contribution is 5.20. The molecule has 0 aliphatic rings. The number of halogens is 2. The van der Waals surface area contributed by atoms with Crippen molar-refractivity contribution in [1.82, 2.24) is 9.55 Å². The van der Waals surface area contributed by atoms with Crippen molar-refractivity contribution in [2.24, 2.45) is 0 Å². The van der Waals surface area contributed by atoms with Gasteiger partial charge in [-0.2, -0.15) is 0 Å². The molecule has 78 valence electrons. The normalized spacial score (nSPS) is 10.9. The molecular weight excluding hydrogens is 198 g/mol. The number of nitrogens with one attached hydrogen (secondary N) is 1. The minimum absolute atomic E-state index is 0.162. The van der Waals surface area contributed by atoms with Crippen LogP contribution >= 0.6 is 0 Å². The molecule has 1 rings (SSSR count). The Hall–Kier alpha value is -1.66. The number of hydrogen-bond donors (Lipinski definition) is 2. The van der Waals surface area contributed by atoms with E-state index in [-0.39, 0.29) is 5.56 Å². The fourth-order valence-electron chi connectivity index (χ4n) is 0.966. The molecule has 0 atom stereocenters. The van der Waals surface area contributed by atoms with Crippen LogP contribution < -0.4 is 11.2 Å². The van der Waals surface area contributed by atoms with E-state index in [9.17, 15) is 23.5 Å². The van der Waals surface area contributed by atoms with Gasteiger partial charge in [-0.1, -0.05) is 0 Å². The summed E-state index contributed by atoms with van der Waals surface area (Å²) >= 11 is 0. The third-order valence-corrected chi connectivity index (χ3v) is 1.72.